The predicted octanol–water partition coefficient (Wildman–Crippen LogP) is 3.62. The first-order valence-electron chi connectivity index (χ1n) is 6.61. The van der Waals surface area contributed by atoms with Crippen LogP contribution in [0.3, 0.4) is 0 Å². The second-order valence-corrected chi connectivity index (χ2v) is 6.99. The molecule has 0 atom stereocenters. The van der Waals surface area contributed by atoms with E-state index in [9.17, 15) is 4.79 Å². The van der Waals surface area contributed by atoms with Gasteiger partial charge in [-0.1, -0.05) is 41.3 Å². The highest BCUT2D eigenvalue weighted by molar-refractivity contribution is 9.10. The number of benzene rings is 1. The van der Waals surface area contributed by atoms with Crippen molar-refractivity contribution in [3.63, 3.8) is 0 Å². The van der Waals surface area contributed by atoms with Gasteiger partial charge in [-0.2, -0.15) is 11.8 Å². The van der Waals surface area contributed by atoms with Gasteiger partial charge in [-0.25, -0.2) is 5.84 Å². The molecule has 1 fully saturated rings. The zero-order valence-electron chi connectivity index (χ0n) is 10.8. The van der Waals surface area contributed by atoms with Crippen LogP contribution in [0, 0.1) is 0 Å². The molecule has 0 aromatic heterocycles. The lowest BCUT2D eigenvalue weighted by Crippen LogP contribution is -2.29. The van der Waals surface area contributed by atoms with Crippen molar-refractivity contribution in [1.82, 2.24) is 5.43 Å². The summed E-state index contributed by atoms with van der Waals surface area (Å²) < 4.78 is 0.983. The average Bonchev–Trinajstić information content (AvgIpc) is 2.46. The molecule has 3 N–H and O–H groups in total. The molecule has 1 amide bonds. The Balaban J connectivity index is 1.95. The topological polar surface area (TPSA) is 55.1 Å². The van der Waals surface area contributed by atoms with Gasteiger partial charge in [0.2, 0.25) is 0 Å². The molecule has 5 heteroatoms. The van der Waals surface area contributed by atoms with Gasteiger partial charge in [-0.3, -0.25) is 10.2 Å². The molecule has 0 saturated heterocycles. The number of halogens is 1. The van der Waals surface area contributed by atoms with E-state index in [0.717, 1.165) is 15.5 Å². The Morgan fingerprint density at radius 3 is 2.74 bits per heavy atom. The third kappa shape index (κ3) is 4.23. The highest BCUT2D eigenvalue weighted by Gasteiger charge is 2.14. The number of amides is 1. The zero-order chi connectivity index (χ0) is 13.7. The molecule has 0 heterocycles. The zero-order valence-corrected chi connectivity index (χ0v) is 13.2. The minimum atomic E-state index is -0.257. The fourth-order valence-corrected chi connectivity index (χ4v) is 4.37. The maximum absolute atomic E-state index is 11.4. The van der Waals surface area contributed by atoms with Crippen LogP contribution in [0.25, 0.3) is 0 Å². The number of carbonyl (C=O) groups is 1. The minimum absolute atomic E-state index is 0.257. The summed E-state index contributed by atoms with van der Waals surface area (Å²) in [6.45, 7) is 0. The number of nitrogens with one attached hydrogen (secondary N) is 1. The molecule has 19 heavy (non-hydrogen) atoms. The van der Waals surface area contributed by atoms with E-state index in [2.05, 4.69) is 21.4 Å². The third-order valence-corrected chi connectivity index (χ3v) is 5.63. The van der Waals surface area contributed by atoms with Crippen molar-refractivity contribution in [2.24, 2.45) is 5.84 Å². The van der Waals surface area contributed by atoms with Crippen LogP contribution < -0.4 is 11.3 Å². The number of nitrogen functional groups attached to an aromatic ring is 1. The number of rotatable bonds is 4. The summed E-state index contributed by atoms with van der Waals surface area (Å²) >= 11 is 5.56. The molecule has 1 aliphatic rings. The van der Waals surface area contributed by atoms with Gasteiger partial charge < -0.3 is 0 Å². The molecule has 104 valence electrons. The Bertz CT molecular complexity index is 447. The molecular formula is C14H19BrN2OS. The second-order valence-electron chi connectivity index (χ2n) is 4.85. The molecule has 1 aromatic carbocycles. The van der Waals surface area contributed by atoms with Crippen molar-refractivity contribution in [2.75, 3.05) is 0 Å². The van der Waals surface area contributed by atoms with Gasteiger partial charge in [-0.05, 0) is 30.5 Å². The molecule has 3 nitrogen and oxygen atoms in total. The van der Waals surface area contributed by atoms with Gasteiger partial charge in [0.25, 0.3) is 5.91 Å². The van der Waals surface area contributed by atoms with Gasteiger partial charge in [0.1, 0.15) is 0 Å². The molecule has 1 aliphatic carbocycles. The van der Waals surface area contributed by atoms with E-state index in [1.807, 2.05) is 30.0 Å². The molecule has 2 rings (SSSR count). The first kappa shape index (κ1) is 14.9. The summed E-state index contributed by atoms with van der Waals surface area (Å²) in [4.78, 5) is 11.4. The fraction of sp³-hybridized carbons (Fsp3) is 0.500. The molecule has 0 unspecified atom stereocenters. The molecular weight excluding hydrogens is 324 g/mol. The number of hydrazine groups is 1. The number of nitrogens with two attached hydrogens (primary N) is 1. The van der Waals surface area contributed by atoms with E-state index in [-0.39, 0.29) is 5.91 Å². The number of carbonyl (C=O) groups excluding carboxylic acids is 1. The molecule has 0 radical (unpaired) electrons. The Hall–Kier alpha value is -0.520. The largest absolute Gasteiger partial charge is 0.290 e. The van der Waals surface area contributed by atoms with Crippen molar-refractivity contribution in [3.8, 4) is 0 Å². The van der Waals surface area contributed by atoms with Crippen LogP contribution in [0.15, 0.2) is 22.7 Å². The Morgan fingerprint density at radius 1 is 1.37 bits per heavy atom. The van der Waals surface area contributed by atoms with E-state index in [4.69, 9.17) is 5.84 Å². The monoisotopic (exact) mass is 342 g/mol. The normalized spacial score (nSPS) is 16.3. The van der Waals surface area contributed by atoms with Gasteiger partial charge in [-0.15, -0.1) is 0 Å². The lowest BCUT2D eigenvalue weighted by atomic mass is 10.0. The van der Waals surface area contributed by atoms with Crippen LogP contribution in [0.4, 0.5) is 0 Å². The van der Waals surface area contributed by atoms with E-state index in [1.54, 1.807) is 0 Å². The van der Waals surface area contributed by atoms with Crippen LogP contribution >= 0.6 is 27.7 Å². The molecule has 0 bridgehead atoms. The van der Waals surface area contributed by atoms with Crippen LogP contribution in [0.1, 0.15) is 48.0 Å². The van der Waals surface area contributed by atoms with E-state index in [0.29, 0.717) is 5.56 Å². The molecule has 1 aromatic rings. The van der Waals surface area contributed by atoms with E-state index in [1.165, 1.54) is 37.7 Å². The van der Waals surface area contributed by atoms with Crippen LogP contribution in [0.5, 0.6) is 0 Å². The summed E-state index contributed by atoms with van der Waals surface area (Å²) in [7, 11) is 0. The van der Waals surface area contributed by atoms with Crippen LogP contribution in [-0.2, 0) is 5.75 Å². The first-order chi connectivity index (χ1) is 9.20. The van der Waals surface area contributed by atoms with Crippen molar-refractivity contribution < 1.29 is 4.79 Å². The van der Waals surface area contributed by atoms with Gasteiger partial charge in [0, 0.05) is 21.0 Å². The average molecular weight is 343 g/mol. The summed E-state index contributed by atoms with van der Waals surface area (Å²) in [6, 6.07) is 5.66. The maximum atomic E-state index is 11.4. The summed E-state index contributed by atoms with van der Waals surface area (Å²) in [6.07, 6.45) is 6.82. The highest BCUT2D eigenvalue weighted by atomic mass is 79.9. The smallest absolute Gasteiger partial charge is 0.265 e. The van der Waals surface area contributed by atoms with Gasteiger partial charge in [0.15, 0.2) is 0 Å². The van der Waals surface area contributed by atoms with Gasteiger partial charge in [0.05, 0.1) is 0 Å². The third-order valence-electron chi connectivity index (χ3n) is 3.47. The van der Waals surface area contributed by atoms with Crippen LogP contribution in [0.2, 0.25) is 0 Å². The van der Waals surface area contributed by atoms with Crippen molar-refractivity contribution >= 4 is 33.6 Å². The maximum Gasteiger partial charge on any atom is 0.265 e. The lowest BCUT2D eigenvalue weighted by Gasteiger charge is -2.21. The first-order valence-corrected chi connectivity index (χ1v) is 8.46. The van der Waals surface area contributed by atoms with Crippen molar-refractivity contribution in [1.29, 1.82) is 0 Å². The van der Waals surface area contributed by atoms with Crippen LogP contribution in [-0.4, -0.2) is 11.2 Å². The Labute approximate surface area is 126 Å². The summed E-state index contributed by atoms with van der Waals surface area (Å²) in [5.74, 6) is 5.87. The molecule has 0 aliphatic heterocycles. The van der Waals surface area contributed by atoms with Crippen molar-refractivity contribution in [2.45, 2.75) is 43.1 Å². The number of hydrogen-bond acceptors (Lipinski definition) is 3. The second kappa shape index (κ2) is 7.31. The van der Waals surface area contributed by atoms with E-state index < -0.39 is 0 Å². The Kier molecular flexibility index (Phi) is 5.73. The number of hydrogen-bond donors (Lipinski definition) is 2. The quantitative estimate of drug-likeness (QED) is 0.499. The summed E-state index contributed by atoms with van der Waals surface area (Å²) in [5.41, 5.74) is 3.97. The van der Waals surface area contributed by atoms with Crippen molar-refractivity contribution in [3.05, 3.63) is 33.8 Å². The fourth-order valence-electron chi connectivity index (χ4n) is 2.33. The lowest BCUT2D eigenvalue weighted by molar-refractivity contribution is 0.0953. The number of thioether (sulfide) groups is 1. The SMILES string of the molecule is NNC(=O)c1ccc(CSC2CCCCC2)c(Br)c1. The molecule has 0 spiro atoms. The highest BCUT2D eigenvalue weighted by Crippen LogP contribution is 2.32. The van der Waals surface area contributed by atoms with Gasteiger partial charge >= 0.3 is 0 Å². The minimum Gasteiger partial charge on any atom is -0.290 e. The summed E-state index contributed by atoms with van der Waals surface area (Å²) in [5, 5.41) is 0.799. The standard InChI is InChI=1S/C14H19BrN2OS/c15-13-8-10(14(18)17-16)6-7-11(13)9-19-12-4-2-1-3-5-12/h6-8,12H,1-5,9,16H2,(H,17,18). The predicted molar refractivity (Wildman–Crippen MR) is 84.0 cm³/mol. The molecule has 1 saturated carbocycles. The van der Waals surface area contributed by atoms with E-state index >= 15 is 0 Å². The Morgan fingerprint density at radius 2 is 2.11 bits per heavy atom.